The van der Waals surface area contributed by atoms with Gasteiger partial charge in [0, 0.05) is 19.3 Å². The van der Waals surface area contributed by atoms with E-state index in [0.29, 0.717) is 0 Å². The quantitative estimate of drug-likeness (QED) is 0.637. The summed E-state index contributed by atoms with van der Waals surface area (Å²) in [5.74, 6) is -1.15. The second-order valence-corrected chi connectivity index (χ2v) is 5.28. The van der Waals surface area contributed by atoms with E-state index in [4.69, 9.17) is 10.5 Å². The third-order valence-corrected chi connectivity index (χ3v) is 2.65. The number of ether oxygens (including phenoxy) is 1. The molecule has 1 aromatic rings. The van der Waals surface area contributed by atoms with E-state index in [0.717, 1.165) is 6.07 Å². The molecule has 0 bridgehead atoms. The molecule has 3 N–H and O–H groups in total. The number of halogens is 1. The summed E-state index contributed by atoms with van der Waals surface area (Å²) in [5, 5.41) is 9.78. The fraction of sp³-hybridized carbons (Fsp3) is 0.500. The molecule has 0 fully saturated rings. The van der Waals surface area contributed by atoms with Crippen molar-refractivity contribution < 1.29 is 19.0 Å². The number of aliphatic hydroxyl groups is 1. The molecule has 0 heterocycles. The molecule has 0 aromatic heterocycles. The molecule has 0 unspecified atom stereocenters. The Kier molecular flexibility index (Phi) is 4.94. The largest absolute Gasteiger partial charge is 0.462 e. The van der Waals surface area contributed by atoms with Gasteiger partial charge in [0.25, 0.3) is 0 Å². The van der Waals surface area contributed by atoms with Crippen LogP contribution in [0.1, 0.15) is 31.1 Å². The first-order valence-corrected chi connectivity index (χ1v) is 6.35. The van der Waals surface area contributed by atoms with E-state index in [1.165, 1.54) is 11.0 Å². The number of esters is 1. The predicted octanol–water partition coefficient (Wildman–Crippen LogP) is 1.79. The summed E-state index contributed by atoms with van der Waals surface area (Å²) in [6, 6.07) is 2.43. The van der Waals surface area contributed by atoms with Crippen molar-refractivity contribution in [2.75, 3.05) is 30.8 Å². The summed E-state index contributed by atoms with van der Waals surface area (Å²) in [6.45, 7) is 5.33. The van der Waals surface area contributed by atoms with E-state index in [1.807, 2.05) is 0 Å². The third kappa shape index (κ3) is 4.09. The van der Waals surface area contributed by atoms with Gasteiger partial charge in [-0.3, -0.25) is 0 Å². The maximum atomic E-state index is 13.9. The molecule has 0 atom stereocenters. The number of nitrogens with zero attached hydrogens (tertiary/aromatic N) is 1. The van der Waals surface area contributed by atoms with E-state index in [9.17, 15) is 14.3 Å². The van der Waals surface area contributed by atoms with Crippen molar-refractivity contribution in [2.45, 2.75) is 26.4 Å². The number of rotatable bonds is 5. The summed E-state index contributed by atoms with van der Waals surface area (Å²) < 4.78 is 18.8. The fourth-order valence-corrected chi connectivity index (χ4v) is 1.92. The molecule has 0 saturated carbocycles. The Bertz CT molecular complexity index is 498. The Balaban J connectivity index is 3.14. The molecule has 20 heavy (non-hydrogen) atoms. The second kappa shape index (κ2) is 6.09. The summed E-state index contributed by atoms with van der Waals surface area (Å²) in [4.78, 5) is 13.3. The van der Waals surface area contributed by atoms with Crippen molar-refractivity contribution in [1.82, 2.24) is 0 Å². The monoisotopic (exact) mass is 284 g/mol. The molecular formula is C14H21FN2O3. The van der Waals surface area contributed by atoms with E-state index in [1.54, 1.807) is 27.8 Å². The highest BCUT2D eigenvalue weighted by molar-refractivity contribution is 5.96. The number of likely N-dealkylation sites (N-methyl/N-ethyl adjacent to an activating group) is 1. The maximum absolute atomic E-state index is 13.9. The first kappa shape index (κ1) is 16.2. The molecule has 1 aromatic carbocycles. The van der Waals surface area contributed by atoms with Crippen LogP contribution in [0.3, 0.4) is 0 Å². The summed E-state index contributed by atoms with van der Waals surface area (Å²) in [5.41, 5.74) is 4.98. The van der Waals surface area contributed by atoms with Crippen LogP contribution in [0.15, 0.2) is 12.1 Å². The minimum atomic E-state index is -0.993. The Morgan fingerprint density at radius 2 is 2.10 bits per heavy atom. The smallest absolute Gasteiger partial charge is 0.340 e. The van der Waals surface area contributed by atoms with Gasteiger partial charge in [0.2, 0.25) is 0 Å². The van der Waals surface area contributed by atoms with Gasteiger partial charge in [-0.15, -0.1) is 0 Å². The minimum absolute atomic E-state index is 0.0290. The van der Waals surface area contributed by atoms with Crippen molar-refractivity contribution in [3.63, 3.8) is 0 Å². The lowest BCUT2D eigenvalue weighted by Crippen LogP contribution is -2.36. The van der Waals surface area contributed by atoms with Crippen LogP contribution in [0.4, 0.5) is 15.8 Å². The zero-order chi connectivity index (χ0) is 15.5. The molecule has 0 amide bonds. The van der Waals surface area contributed by atoms with Gasteiger partial charge in [-0.25, -0.2) is 9.18 Å². The molecule has 0 aliphatic carbocycles. The lowest BCUT2D eigenvalue weighted by molar-refractivity contribution is 0.0527. The van der Waals surface area contributed by atoms with Gasteiger partial charge in [0.1, 0.15) is 5.82 Å². The average molecular weight is 284 g/mol. The fourth-order valence-electron chi connectivity index (χ4n) is 1.92. The van der Waals surface area contributed by atoms with Crippen molar-refractivity contribution in [3.8, 4) is 0 Å². The zero-order valence-corrected chi connectivity index (χ0v) is 12.2. The SMILES string of the molecule is CCOC(=O)c1cc(N(C)CC(C)(C)O)c(F)cc1N. The number of anilines is 2. The van der Waals surface area contributed by atoms with Gasteiger partial charge in [0.05, 0.1) is 23.5 Å². The number of carbonyl (C=O) groups is 1. The van der Waals surface area contributed by atoms with Crippen molar-refractivity contribution >= 4 is 17.3 Å². The van der Waals surface area contributed by atoms with Gasteiger partial charge >= 0.3 is 5.97 Å². The van der Waals surface area contributed by atoms with Gasteiger partial charge in [-0.1, -0.05) is 0 Å². The van der Waals surface area contributed by atoms with E-state index < -0.39 is 17.4 Å². The highest BCUT2D eigenvalue weighted by Gasteiger charge is 2.21. The van der Waals surface area contributed by atoms with E-state index in [-0.39, 0.29) is 30.1 Å². The highest BCUT2D eigenvalue weighted by atomic mass is 19.1. The number of benzene rings is 1. The molecule has 0 radical (unpaired) electrons. The molecule has 6 heteroatoms. The van der Waals surface area contributed by atoms with Crippen LogP contribution < -0.4 is 10.6 Å². The van der Waals surface area contributed by atoms with Crippen LogP contribution in [0, 0.1) is 5.82 Å². The van der Waals surface area contributed by atoms with Gasteiger partial charge in [-0.05, 0) is 32.9 Å². The van der Waals surface area contributed by atoms with Crippen molar-refractivity contribution in [1.29, 1.82) is 0 Å². The second-order valence-electron chi connectivity index (χ2n) is 5.28. The van der Waals surface area contributed by atoms with Gasteiger partial charge in [-0.2, -0.15) is 0 Å². The van der Waals surface area contributed by atoms with Gasteiger partial charge < -0.3 is 20.5 Å². The first-order valence-electron chi connectivity index (χ1n) is 6.35. The van der Waals surface area contributed by atoms with Crippen molar-refractivity contribution in [2.24, 2.45) is 0 Å². The van der Waals surface area contributed by atoms with Crippen LogP contribution >= 0.6 is 0 Å². The number of hydrogen-bond acceptors (Lipinski definition) is 5. The van der Waals surface area contributed by atoms with Crippen LogP contribution in [-0.2, 0) is 4.74 Å². The minimum Gasteiger partial charge on any atom is -0.462 e. The maximum Gasteiger partial charge on any atom is 0.340 e. The molecular weight excluding hydrogens is 263 g/mol. The number of carbonyl (C=O) groups excluding carboxylic acids is 1. The van der Waals surface area contributed by atoms with Crippen LogP contribution in [0.25, 0.3) is 0 Å². The predicted molar refractivity (Wildman–Crippen MR) is 76.3 cm³/mol. The van der Waals surface area contributed by atoms with Crippen LogP contribution in [0.5, 0.6) is 0 Å². The van der Waals surface area contributed by atoms with E-state index >= 15 is 0 Å². The topological polar surface area (TPSA) is 75.8 Å². The molecule has 1 rings (SSSR count). The molecule has 0 aliphatic rings. The highest BCUT2D eigenvalue weighted by Crippen LogP contribution is 2.26. The molecule has 0 aliphatic heterocycles. The third-order valence-electron chi connectivity index (χ3n) is 2.65. The Morgan fingerprint density at radius 1 is 1.50 bits per heavy atom. The van der Waals surface area contributed by atoms with Crippen molar-refractivity contribution in [3.05, 3.63) is 23.5 Å². The van der Waals surface area contributed by atoms with Crippen LogP contribution in [-0.4, -0.2) is 36.9 Å². The molecule has 0 spiro atoms. The Morgan fingerprint density at radius 3 is 2.60 bits per heavy atom. The summed E-state index contributed by atoms with van der Waals surface area (Å²) >= 11 is 0. The molecule has 5 nitrogen and oxygen atoms in total. The Hall–Kier alpha value is -1.82. The average Bonchev–Trinajstić information content (AvgIpc) is 2.26. The molecule has 0 saturated heterocycles. The Labute approximate surface area is 118 Å². The lowest BCUT2D eigenvalue weighted by Gasteiger charge is -2.28. The van der Waals surface area contributed by atoms with E-state index in [2.05, 4.69) is 0 Å². The summed E-state index contributed by atoms with van der Waals surface area (Å²) in [7, 11) is 1.63. The summed E-state index contributed by atoms with van der Waals surface area (Å²) in [6.07, 6.45) is 0. The number of nitrogen functional groups attached to an aromatic ring is 1. The standard InChI is InChI=1S/C14H21FN2O3/c1-5-20-13(18)9-6-12(10(15)7-11(9)16)17(4)8-14(2,3)19/h6-7,19H,5,8,16H2,1-4H3. The normalized spacial score (nSPS) is 11.3. The number of nitrogens with two attached hydrogens (primary N) is 1. The molecule has 112 valence electrons. The lowest BCUT2D eigenvalue weighted by atomic mass is 10.1. The number of hydrogen-bond donors (Lipinski definition) is 2. The zero-order valence-electron chi connectivity index (χ0n) is 12.2. The van der Waals surface area contributed by atoms with Gasteiger partial charge in [0.15, 0.2) is 0 Å². The first-order chi connectivity index (χ1) is 9.15. The van der Waals surface area contributed by atoms with Crippen LogP contribution in [0.2, 0.25) is 0 Å².